The van der Waals surface area contributed by atoms with E-state index in [4.69, 9.17) is 11.6 Å². The van der Waals surface area contributed by atoms with E-state index < -0.39 is 16.1 Å². The number of carbonyl (C=O) groups excluding carboxylic acids is 1. The van der Waals surface area contributed by atoms with E-state index in [1.165, 1.54) is 31.0 Å². The predicted octanol–water partition coefficient (Wildman–Crippen LogP) is 2.52. The number of sulfonamides is 1. The van der Waals surface area contributed by atoms with Crippen molar-refractivity contribution in [2.24, 2.45) is 5.92 Å². The molecule has 110 valence electrons. The van der Waals surface area contributed by atoms with E-state index in [2.05, 4.69) is 5.32 Å². The topological polar surface area (TPSA) is 75.3 Å². The molecule has 1 aromatic rings. The summed E-state index contributed by atoms with van der Waals surface area (Å²) >= 11 is 5.74. The Labute approximate surface area is 123 Å². The molecule has 1 aromatic carbocycles. The van der Waals surface area contributed by atoms with E-state index in [1.807, 2.05) is 4.72 Å². The van der Waals surface area contributed by atoms with Crippen molar-refractivity contribution < 1.29 is 13.2 Å². The highest BCUT2D eigenvalue weighted by atomic mass is 35.5. The molecule has 0 bridgehead atoms. The Bertz CT molecular complexity index is 583. The van der Waals surface area contributed by atoms with Crippen molar-refractivity contribution in [2.75, 3.05) is 6.54 Å². The standard InChI is InChI=1S/C13H17ClN2O3S/c14-11-6-3-7-12(8-11)20(18,19)16-13(17)15-9-10-4-1-2-5-10/h3,6-8,10H,1-2,4-5,9H2,(H2,15,16,17). The normalized spacial score (nSPS) is 16.1. The van der Waals surface area contributed by atoms with Crippen molar-refractivity contribution in [3.05, 3.63) is 29.3 Å². The first-order valence-corrected chi connectivity index (χ1v) is 8.40. The van der Waals surface area contributed by atoms with Crippen molar-refractivity contribution in [1.82, 2.24) is 10.0 Å². The quantitative estimate of drug-likeness (QED) is 0.896. The van der Waals surface area contributed by atoms with Gasteiger partial charge in [0.25, 0.3) is 10.0 Å². The van der Waals surface area contributed by atoms with Crippen LogP contribution in [0, 0.1) is 5.92 Å². The molecule has 5 nitrogen and oxygen atoms in total. The Kier molecular flexibility index (Phi) is 4.88. The highest BCUT2D eigenvalue weighted by molar-refractivity contribution is 7.90. The Balaban J connectivity index is 1.92. The minimum Gasteiger partial charge on any atom is -0.337 e. The maximum absolute atomic E-state index is 12.0. The number of halogens is 1. The average Bonchev–Trinajstić information content (AvgIpc) is 2.89. The molecule has 1 saturated carbocycles. The van der Waals surface area contributed by atoms with Crippen molar-refractivity contribution in [3.63, 3.8) is 0 Å². The lowest BCUT2D eigenvalue weighted by molar-refractivity contribution is 0.244. The zero-order valence-electron chi connectivity index (χ0n) is 10.9. The minimum absolute atomic E-state index is 0.0268. The summed E-state index contributed by atoms with van der Waals surface area (Å²) in [6.45, 7) is 0.511. The van der Waals surface area contributed by atoms with Gasteiger partial charge in [0.1, 0.15) is 0 Å². The van der Waals surface area contributed by atoms with Crippen molar-refractivity contribution >= 4 is 27.7 Å². The summed E-state index contributed by atoms with van der Waals surface area (Å²) in [4.78, 5) is 11.6. The molecular weight excluding hydrogens is 300 g/mol. The van der Waals surface area contributed by atoms with E-state index >= 15 is 0 Å². The molecule has 2 N–H and O–H groups in total. The van der Waals surface area contributed by atoms with Crippen LogP contribution in [0.1, 0.15) is 25.7 Å². The lowest BCUT2D eigenvalue weighted by Crippen LogP contribution is -2.41. The maximum atomic E-state index is 12.0. The molecule has 1 fully saturated rings. The van der Waals surface area contributed by atoms with E-state index in [0.717, 1.165) is 12.8 Å². The first kappa shape index (κ1) is 15.1. The molecule has 0 saturated heterocycles. The average molecular weight is 317 g/mol. The van der Waals surface area contributed by atoms with Crippen LogP contribution in [0.15, 0.2) is 29.2 Å². The van der Waals surface area contributed by atoms with Crippen LogP contribution in [0.25, 0.3) is 0 Å². The van der Waals surface area contributed by atoms with Crippen LogP contribution in [0.2, 0.25) is 5.02 Å². The van der Waals surface area contributed by atoms with Crippen LogP contribution >= 0.6 is 11.6 Å². The van der Waals surface area contributed by atoms with Crippen LogP contribution in [0.4, 0.5) is 4.79 Å². The number of amides is 2. The fraction of sp³-hybridized carbons (Fsp3) is 0.462. The van der Waals surface area contributed by atoms with Crippen LogP contribution < -0.4 is 10.0 Å². The van der Waals surface area contributed by atoms with Gasteiger partial charge in [-0.25, -0.2) is 17.9 Å². The molecule has 2 amide bonds. The number of hydrogen-bond donors (Lipinski definition) is 2. The summed E-state index contributed by atoms with van der Waals surface area (Å²) < 4.78 is 25.9. The third kappa shape index (κ3) is 4.11. The van der Waals surface area contributed by atoms with Crippen LogP contribution in [-0.2, 0) is 10.0 Å². The van der Waals surface area contributed by atoms with Gasteiger partial charge in [0.2, 0.25) is 0 Å². The minimum atomic E-state index is -3.87. The van der Waals surface area contributed by atoms with Gasteiger partial charge in [-0.15, -0.1) is 0 Å². The summed E-state index contributed by atoms with van der Waals surface area (Å²) in [5.41, 5.74) is 0. The van der Waals surface area contributed by atoms with Crippen LogP contribution in [-0.4, -0.2) is 21.0 Å². The van der Waals surface area contributed by atoms with Gasteiger partial charge in [0.15, 0.2) is 0 Å². The lowest BCUT2D eigenvalue weighted by atomic mass is 10.1. The number of rotatable bonds is 4. The van der Waals surface area contributed by atoms with E-state index in [1.54, 1.807) is 6.07 Å². The van der Waals surface area contributed by atoms with E-state index in [0.29, 0.717) is 17.5 Å². The highest BCUT2D eigenvalue weighted by Crippen LogP contribution is 2.23. The Morgan fingerprint density at radius 1 is 1.30 bits per heavy atom. The summed E-state index contributed by atoms with van der Waals surface area (Å²) in [6.07, 6.45) is 4.52. The second kappa shape index (κ2) is 6.45. The maximum Gasteiger partial charge on any atom is 0.328 e. The first-order chi connectivity index (χ1) is 9.47. The fourth-order valence-electron chi connectivity index (χ4n) is 2.30. The van der Waals surface area contributed by atoms with Gasteiger partial charge in [-0.05, 0) is 37.0 Å². The highest BCUT2D eigenvalue weighted by Gasteiger charge is 2.20. The third-order valence-corrected chi connectivity index (χ3v) is 4.92. The summed E-state index contributed by atoms with van der Waals surface area (Å²) in [6, 6.07) is 5.08. The molecule has 0 spiro atoms. The Morgan fingerprint density at radius 3 is 2.65 bits per heavy atom. The molecule has 0 atom stereocenters. The summed E-state index contributed by atoms with van der Waals surface area (Å²) in [5.74, 6) is 0.453. The number of urea groups is 1. The summed E-state index contributed by atoms with van der Waals surface area (Å²) in [7, 11) is -3.87. The molecule has 7 heteroatoms. The smallest absolute Gasteiger partial charge is 0.328 e. The molecular formula is C13H17ClN2O3S. The second-order valence-electron chi connectivity index (χ2n) is 4.92. The van der Waals surface area contributed by atoms with E-state index in [9.17, 15) is 13.2 Å². The number of carbonyl (C=O) groups is 1. The lowest BCUT2D eigenvalue weighted by Gasteiger charge is -2.12. The molecule has 2 rings (SSSR count). The van der Waals surface area contributed by atoms with E-state index in [-0.39, 0.29) is 4.90 Å². The van der Waals surface area contributed by atoms with Gasteiger partial charge in [-0.3, -0.25) is 0 Å². The van der Waals surface area contributed by atoms with Gasteiger partial charge in [-0.2, -0.15) is 0 Å². The van der Waals surface area contributed by atoms with Gasteiger partial charge in [0, 0.05) is 11.6 Å². The van der Waals surface area contributed by atoms with Crippen LogP contribution in [0.5, 0.6) is 0 Å². The van der Waals surface area contributed by atoms with Gasteiger partial charge in [0.05, 0.1) is 4.90 Å². The summed E-state index contributed by atoms with van der Waals surface area (Å²) in [5, 5.41) is 2.91. The molecule has 0 unspecified atom stereocenters. The Hall–Kier alpha value is -1.27. The van der Waals surface area contributed by atoms with Crippen LogP contribution in [0.3, 0.4) is 0 Å². The number of benzene rings is 1. The molecule has 0 aromatic heterocycles. The molecule has 1 aliphatic carbocycles. The molecule has 0 heterocycles. The second-order valence-corrected chi connectivity index (χ2v) is 7.04. The number of nitrogens with one attached hydrogen (secondary N) is 2. The molecule has 20 heavy (non-hydrogen) atoms. The SMILES string of the molecule is O=C(NCC1CCCC1)NS(=O)(=O)c1cccc(Cl)c1. The first-order valence-electron chi connectivity index (χ1n) is 6.53. The van der Waals surface area contributed by atoms with Crippen molar-refractivity contribution in [1.29, 1.82) is 0 Å². The van der Waals surface area contributed by atoms with Gasteiger partial charge in [-0.1, -0.05) is 30.5 Å². The Morgan fingerprint density at radius 2 is 2.00 bits per heavy atom. The number of hydrogen-bond acceptors (Lipinski definition) is 3. The van der Waals surface area contributed by atoms with Gasteiger partial charge < -0.3 is 5.32 Å². The largest absolute Gasteiger partial charge is 0.337 e. The van der Waals surface area contributed by atoms with Crippen molar-refractivity contribution in [3.8, 4) is 0 Å². The molecule has 1 aliphatic rings. The monoisotopic (exact) mass is 316 g/mol. The zero-order valence-corrected chi connectivity index (χ0v) is 12.5. The molecule has 0 aliphatic heterocycles. The van der Waals surface area contributed by atoms with Gasteiger partial charge >= 0.3 is 6.03 Å². The predicted molar refractivity (Wildman–Crippen MR) is 77.1 cm³/mol. The fourth-order valence-corrected chi connectivity index (χ4v) is 3.53. The third-order valence-electron chi connectivity index (χ3n) is 3.36. The van der Waals surface area contributed by atoms with Crippen molar-refractivity contribution in [2.45, 2.75) is 30.6 Å². The molecule has 0 radical (unpaired) electrons. The zero-order chi connectivity index (χ0) is 14.6.